The summed E-state index contributed by atoms with van der Waals surface area (Å²) >= 11 is 2.78. The summed E-state index contributed by atoms with van der Waals surface area (Å²) in [7, 11) is 0. The lowest BCUT2D eigenvalue weighted by atomic mass is 10.2. The summed E-state index contributed by atoms with van der Waals surface area (Å²) < 4.78 is 13.4. The van der Waals surface area contributed by atoms with Gasteiger partial charge in [0.25, 0.3) is 0 Å². The van der Waals surface area contributed by atoms with Crippen LogP contribution in [0.25, 0.3) is 10.7 Å². The molecule has 2 N–H and O–H groups in total. The van der Waals surface area contributed by atoms with Gasteiger partial charge in [-0.1, -0.05) is 23.9 Å². The number of nitrogens with one attached hydrogen (secondary N) is 2. The summed E-state index contributed by atoms with van der Waals surface area (Å²) in [6, 6.07) is 8.48. The van der Waals surface area contributed by atoms with Gasteiger partial charge in [0.1, 0.15) is 5.82 Å². The molecule has 5 nitrogen and oxygen atoms in total. The Bertz CT molecular complexity index is 817. The molecule has 23 heavy (non-hydrogen) atoms. The lowest BCUT2D eigenvalue weighted by molar-refractivity contribution is -0.113. The van der Waals surface area contributed by atoms with Crippen LogP contribution >= 0.6 is 23.1 Å². The number of rotatable bonds is 5. The van der Waals surface area contributed by atoms with Crippen molar-refractivity contribution in [2.75, 3.05) is 11.1 Å². The Kier molecular flexibility index (Phi) is 4.73. The molecule has 0 spiro atoms. The molecule has 1 aromatic carbocycles. The predicted octanol–water partition coefficient (Wildman–Crippen LogP) is 3.71. The van der Waals surface area contributed by atoms with Crippen molar-refractivity contribution >= 4 is 34.7 Å². The summed E-state index contributed by atoms with van der Waals surface area (Å²) in [5.74, 6) is 0.256. The minimum atomic E-state index is -0.343. The van der Waals surface area contributed by atoms with Crippen molar-refractivity contribution in [2.45, 2.75) is 12.1 Å². The molecule has 0 unspecified atom stereocenters. The van der Waals surface area contributed by atoms with Crippen molar-refractivity contribution < 1.29 is 9.18 Å². The van der Waals surface area contributed by atoms with Crippen LogP contribution in [0.5, 0.6) is 0 Å². The van der Waals surface area contributed by atoms with Gasteiger partial charge in [0.15, 0.2) is 5.82 Å². The van der Waals surface area contributed by atoms with Crippen LogP contribution in [0.2, 0.25) is 0 Å². The van der Waals surface area contributed by atoms with Crippen LogP contribution in [0, 0.1) is 12.7 Å². The number of nitrogens with zero attached hydrogens (tertiary/aromatic N) is 2. The zero-order valence-corrected chi connectivity index (χ0v) is 13.8. The first-order valence-electron chi connectivity index (χ1n) is 6.77. The number of carbonyl (C=O) groups excluding carboxylic acids is 1. The zero-order valence-electron chi connectivity index (χ0n) is 12.2. The van der Waals surface area contributed by atoms with Gasteiger partial charge in [-0.3, -0.25) is 9.89 Å². The molecule has 0 atom stereocenters. The third kappa shape index (κ3) is 3.96. The van der Waals surface area contributed by atoms with Crippen molar-refractivity contribution in [3.63, 3.8) is 0 Å². The van der Waals surface area contributed by atoms with Gasteiger partial charge in [-0.15, -0.1) is 16.4 Å². The van der Waals surface area contributed by atoms with Gasteiger partial charge < -0.3 is 5.32 Å². The number of thiophene rings is 1. The third-order valence-corrected chi connectivity index (χ3v) is 4.73. The van der Waals surface area contributed by atoms with Crippen molar-refractivity contribution in [3.8, 4) is 10.7 Å². The van der Waals surface area contributed by atoms with E-state index in [0.717, 1.165) is 4.88 Å². The molecule has 0 aliphatic heterocycles. The fourth-order valence-corrected chi connectivity index (χ4v) is 3.09. The number of amides is 1. The number of aryl methyl sites for hydroxylation is 1. The monoisotopic (exact) mass is 348 g/mol. The van der Waals surface area contributed by atoms with Crippen LogP contribution in [0.15, 0.2) is 40.9 Å². The van der Waals surface area contributed by atoms with E-state index in [1.165, 1.54) is 17.8 Å². The first-order chi connectivity index (χ1) is 11.1. The summed E-state index contributed by atoms with van der Waals surface area (Å²) in [4.78, 5) is 17.2. The summed E-state index contributed by atoms with van der Waals surface area (Å²) in [6.07, 6.45) is 0. The van der Waals surface area contributed by atoms with E-state index in [0.29, 0.717) is 22.2 Å². The second-order valence-electron chi connectivity index (χ2n) is 4.74. The van der Waals surface area contributed by atoms with E-state index < -0.39 is 0 Å². The van der Waals surface area contributed by atoms with E-state index in [4.69, 9.17) is 0 Å². The number of H-pyrrole nitrogens is 1. The maximum Gasteiger partial charge on any atom is 0.234 e. The molecule has 0 fully saturated rings. The SMILES string of the molecule is Cc1ccc(NC(=O)CSc2n[nH]c(-c3cccs3)n2)cc1F. The lowest BCUT2D eigenvalue weighted by Gasteiger charge is -2.05. The molecule has 118 valence electrons. The average Bonchev–Trinajstić information content (AvgIpc) is 3.19. The summed E-state index contributed by atoms with van der Waals surface area (Å²) in [5.41, 5.74) is 0.979. The van der Waals surface area contributed by atoms with Gasteiger partial charge in [0, 0.05) is 5.69 Å². The number of aromatic amines is 1. The first kappa shape index (κ1) is 15.7. The van der Waals surface area contributed by atoms with E-state index in [1.54, 1.807) is 30.4 Å². The van der Waals surface area contributed by atoms with E-state index in [9.17, 15) is 9.18 Å². The van der Waals surface area contributed by atoms with Gasteiger partial charge in [-0.05, 0) is 36.1 Å². The van der Waals surface area contributed by atoms with Gasteiger partial charge >= 0.3 is 0 Å². The van der Waals surface area contributed by atoms with E-state index >= 15 is 0 Å². The summed E-state index contributed by atoms with van der Waals surface area (Å²) in [5, 5.41) is 12.0. The molecule has 2 aromatic heterocycles. The molecule has 3 aromatic rings. The molecule has 8 heteroatoms. The highest BCUT2D eigenvalue weighted by molar-refractivity contribution is 7.99. The normalized spacial score (nSPS) is 10.7. The van der Waals surface area contributed by atoms with Crippen LogP contribution in [-0.2, 0) is 4.79 Å². The van der Waals surface area contributed by atoms with Gasteiger partial charge in [0.05, 0.1) is 10.6 Å². The van der Waals surface area contributed by atoms with Crippen molar-refractivity contribution in [1.29, 1.82) is 0 Å². The predicted molar refractivity (Wildman–Crippen MR) is 90.2 cm³/mol. The van der Waals surface area contributed by atoms with Crippen molar-refractivity contribution in [2.24, 2.45) is 0 Å². The molecule has 0 bridgehead atoms. The number of carbonyl (C=O) groups is 1. The quantitative estimate of drug-likeness (QED) is 0.690. The number of hydrogen-bond donors (Lipinski definition) is 2. The maximum atomic E-state index is 13.4. The molecule has 1 amide bonds. The molecule has 3 rings (SSSR count). The number of anilines is 1. The second kappa shape index (κ2) is 6.93. The Labute approximate surface area is 140 Å². The van der Waals surface area contributed by atoms with Crippen LogP contribution in [0.4, 0.5) is 10.1 Å². The van der Waals surface area contributed by atoms with Gasteiger partial charge in [-0.25, -0.2) is 9.37 Å². The minimum absolute atomic E-state index is 0.150. The Morgan fingerprint density at radius 2 is 2.30 bits per heavy atom. The van der Waals surface area contributed by atoms with Gasteiger partial charge in [0.2, 0.25) is 11.1 Å². The first-order valence-corrected chi connectivity index (χ1v) is 8.63. The highest BCUT2D eigenvalue weighted by Gasteiger charge is 2.10. The fourth-order valence-electron chi connectivity index (χ4n) is 1.83. The zero-order chi connectivity index (χ0) is 16.2. The van der Waals surface area contributed by atoms with E-state index in [2.05, 4.69) is 20.5 Å². The number of aromatic nitrogens is 3. The molecule has 0 saturated carbocycles. The summed E-state index contributed by atoms with van der Waals surface area (Å²) in [6.45, 7) is 1.67. The van der Waals surface area contributed by atoms with Crippen molar-refractivity contribution in [1.82, 2.24) is 15.2 Å². The molecule has 2 heterocycles. The maximum absolute atomic E-state index is 13.4. The molecule has 0 aliphatic carbocycles. The third-order valence-electron chi connectivity index (χ3n) is 3.01. The smallest absolute Gasteiger partial charge is 0.234 e. The van der Waals surface area contributed by atoms with Crippen LogP contribution in [0.1, 0.15) is 5.56 Å². The van der Waals surface area contributed by atoms with Crippen molar-refractivity contribution in [3.05, 3.63) is 47.1 Å². The lowest BCUT2D eigenvalue weighted by Crippen LogP contribution is -2.14. The van der Waals surface area contributed by atoms with Crippen LogP contribution in [-0.4, -0.2) is 26.8 Å². The second-order valence-corrected chi connectivity index (χ2v) is 6.63. The van der Waals surface area contributed by atoms with E-state index in [-0.39, 0.29) is 17.5 Å². The molecular formula is C15H13FN4OS2. The molecular weight excluding hydrogens is 335 g/mol. The number of thioether (sulfide) groups is 1. The Morgan fingerprint density at radius 3 is 3.04 bits per heavy atom. The number of hydrogen-bond acceptors (Lipinski definition) is 5. The van der Waals surface area contributed by atoms with Crippen LogP contribution in [0.3, 0.4) is 0 Å². The molecule has 0 aliphatic rings. The number of halogens is 1. The van der Waals surface area contributed by atoms with Gasteiger partial charge in [-0.2, -0.15) is 0 Å². The largest absolute Gasteiger partial charge is 0.325 e. The molecule has 0 radical (unpaired) electrons. The average molecular weight is 348 g/mol. The molecule has 0 saturated heterocycles. The highest BCUT2D eigenvalue weighted by Crippen LogP contribution is 2.23. The van der Waals surface area contributed by atoms with Crippen LogP contribution < -0.4 is 5.32 Å². The fraction of sp³-hybridized carbons (Fsp3) is 0.133. The Hall–Kier alpha value is -2.19. The van der Waals surface area contributed by atoms with E-state index in [1.807, 2.05) is 17.5 Å². The Morgan fingerprint density at radius 1 is 1.43 bits per heavy atom. The Balaban J connectivity index is 1.55. The standard InChI is InChI=1S/C15H13FN4OS2/c1-9-4-5-10(7-11(9)16)17-13(21)8-23-15-18-14(19-20-15)12-3-2-6-22-12/h2-7H,8H2,1H3,(H,17,21)(H,18,19,20). The highest BCUT2D eigenvalue weighted by atomic mass is 32.2. The number of benzene rings is 1. The minimum Gasteiger partial charge on any atom is -0.325 e. The topological polar surface area (TPSA) is 70.7 Å².